The maximum Gasteiger partial charge on any atom is 0.328 e. The standard InChI is InChI=1S/C13H10N4O3/c18-6-8-3-9-5-14-7-15-12(9)10(4-8)17-2-1-11(19)16-13(17)20/h3-7H,1-2H2,(H,16,19,20). The number of amides is 3. The van der Waals surface area contributed by atoms with Crippen molar-refractivity contribution in [1.82, 2.24) is 15.3 Å². The molecule has 1 N–H and O–H groups in total. The SMILES string of the molecule is O=Cc1cc(N2CCC(=O)NC2=O)c2ncncc2c1. The van der Waals surface area contributed by atoms with Crippen molar-refractivity contribution in [3.63, 3.8) is 0 Å². The van der Waals surface area contributed by atoms with Gasteiger partial charge in [0.15, 0.2) is 0 Å². The monoisotopic (exact) mass is 270 g/mol. The first-order valence-electron chi connectivity index (χ1n) is 5.99. The molecule has 0 radical (unpaired) electrons. The number of anilines is 1. The molecule has 1 aliphatic heterocycles. The predicted octanol–water partition coefficient (Wildman–Crippen LogP) is 0.889. The minimum Gasteiger partial charge on any atom is -0.298 e. The molecular formula is C13H10N4O3. The largest absolute Gasteiger partial charge is 0.328 e. The van der Waals surface area contributed by atoms with Gasteiger partial charge in [-0.25, -0.2) is 14.8 Å². The van der Waals surface area contributed by atoms with Crippen LogP contribution in [0.4, 0.5) is 10.5 Å². The van der Waals surface area contributed by atoms with Gasteiger partial charge in [0, 0.05) is 30.1 Å². The molecular weight excluding hydrogens is 260 g/mol. The molecule has 20 heavy (non-hydrogen) atoms. The highest BCUT2D eigenvalue weighted by atomic mass is 16.2. The maximum absolute atomic E-state index is 11.9. The molecule has 1 fully saturated rings. The van der Waals surface area contributed by atoms with E-state index in [1.807, 2.05) is 0 Å². The molecule has 7 nitrogen and oxygen atoms in total. The van der Waals surface area contributed by atoms with Crippen molar-refractivity contribution >= 4 is 34.8 Å². The van der Waals surface area contributed by atoms with E-state index in [-0.39, 0.29) is 18.9 Å². The Labute approximate surface area is 113 Å². The Kier molecular flexibility index (Phi) is 2.86. The Balaban J connectivity index is 2.16. The van der Waals surface area contributed by atoms with Crippen molar-refractivity contribution < 1.29 is 14.4 Å². The number of carbonyl (C=O) groups excluding carboxylic acids is 3. The van der Waals surface area contributed by atoms with Crippen LogP contribution in [0.5, 0.6) is 0 Å². The van der Waals surface area contributed by atoms with Gasteiger partial charge in [-0.1, -0.05) is 0 Å². The minimum absolute atomic E-state index is 0.212. The number of nitrogens with one attached hydrogen (secondary N) is 1. The van der Waals surface area contributed by atoms with E-state index in [0.717, 1.165) is 0 Å². The van der Waals surface area contributed by atoms with Crippen LogP contribution in [0.25, 0.3) is 10.9 Å². The molecule has 2 heterocycles. The van der Waals surface area contributed by atoms with Gasteiger partial charge in [0.1, 0.15) is 12.6 Å². The minimum atomic E-state index is -0.510. The zero-order valence-corrected chi connectivity index (χ0v) is 10.4. The van der Waals surface area contributed by atoms with E-state index in [2.05, 4.69) is 15.3 Å². The van der Waals surface area contributed by atoms with Crippen molar-refractivity contribution in [2.24, 2.45) is 0 Å². The molecule has 0 atom stereocenters. The second kappa shape index (κ2) is 4.69. The third-order valence-corrected chi connectivity index (χ3v) is 3.09. The van der Waals surface area contributed by atoms with Crippen molar-refractivity contribution in [3.05, 3.63) is 30.2 Å². The number of urea groups is 1. The fourth-order valence-electron chi connectivity index (χ4n) is 2.18. The number of carbonyl (C=O) groups is 3. The molecule has 0 aliphatic carbocycles. The highest BCUT2D eigenvalue weighted by Gasteiger charge is 2.26. The molecule has 1 aromatic heterocycles. The van der Waals surface area contributed by atoms with Crippen LogP contribution in [0.3, 0.4) is 0 Å². The molecule has 0 saturated carbocycles. The number of hydrogen-bond acceptors (Lipinski definition) is 5. The number of aromatic nitrogens is 2. The second-order valence-corrected chi connectivity index (χ2v) is 4.37. The zero-order chi connectivity index (χ0) is 14.1. The van der Waals surface area contributed by atoms with Gasteiger partial charge in [-0.2, -0.15) is 0 Å². The summed E-state index contributed by atoms with van der Waals surface area (Å²) in [7, 11) is 0. The molecule has 7 heteroatoms. The number of benzene rings is 1. The van der Waals surface area contributed by atoms with Crippen LogP contribution in [0.2, 0.25) is 0 Å². The van der Waals surface area contributed by atoms with Crippen molar-refractivity contribution in [2.45, 2.75) is 6.42 Å². The molecule has 3 amide bonds. The quantitative estimate of drug-likeness (QED) is 0.818. The molecule has 3 rings (SSSR count). The third-order valence-electron chi connectivity index (χ3n) is 3.09. The first kappa shape index (κ1) is 12.2. The molecule has 2 aromatic rings. The summed E-state index contributed by atoms with van der Waals surface area (Å²) in [6, 6.07) is 2.72. The highest BCUT2D eigenvalue weighted by molar-refractivity contribution is 6.09. The van der Waals surface area contributed by atoms with Crippen LogP contribution in [-0.4, -0.2) is 34.7 Å². The molecule has 0 spiro atoms. The van der Waals surface area contributed by atoms with Crippen molar-refractivity contribution in [3.8, 4) is 0 Å². The molecule has 1 aromatic carbocycles. The van der Waals surface area contributed by atoms with Gasteiger partial charge in [-0.05, 0) is 12.1 Å². The van der Waals surface area contributed by atoms with Gasteiger partial charge in [0.05, 0.1) is 11.2 Å². The summed E-state index contributed by atoms with van der Waals surface area (Å²) in [6.45, 7) is 0.256. The molecule has 1 aliphatic rings. The highest BCUT2D eigenvalue weighted by Crippen LogP contribution is 2.27. The maximum atomic E-state index is 11.9. The lowest BCUT2D eigenvalue weighted by Gasteiger charge is -2.27. The molecule has 100 valence electrons. The normalized spacial score (nSPS) is 15.3. The van der Waals surface area contributed by atoms with E-state index >= 15 is 0 Å². The van der Waals surface area contributed by atoms with Crippen LogP contribution in [0.15, 0.2) is 24.7 Å². The Hall–Kier alpha value is -2.83. The first-order valence-corrected chi connectivity index (χ1v) is 5.99. The Bertz CT molecular complexity index is 729. The number of aldehydes is 1. The Morgan fingerprint density at radius 1 is 1.30 bits per heavy atom. The lowest BCUT2D eigenvalue weighted by molar-refractivity contribution is -0.120. The van der Waals surface area contributed by atoms with Gasteiger partial charge in [0.25, 0.3) is 0 Å². The van der Waals surface area contributed by atoms with E-state index in [1.54, 1.807) is 18.3 Å². The predicted molar refractivity (Wildman–Crippen MR) is 70.4 cm³/mol. The lowest BCUT2D eigenvalue weighted by Crippen LogP contribution is -2.49. The summed E-state index contributed by atoms with van der Waals surface area (Å²) in [5.74, 6) is -0.309. The lowest BCUT2D eigenvalue weighted by atomic mass is 10.1. The molecule has 0 unspecified atom stereocenters. The first-order chi connectivity index (χ1) is 9.69. The third kappa shape index (κ3) is 1.99. The average molecular weight is 270 g/mol. The number of imide groups is 1. The van der Waals surface area contributed by atoms with Crippen LogP contribution in [-0.2, 0) is 4.79 Å². The smallest absolute Gasteiger partial charge is 0.298 e. The average Bonchev–Trinajstić information content (AvgIpc) is 2.46. The number of nitrogens with zero attached hydrogens (tertiary/aromatic N) is 3. The number of hydrogen-bond donors (Lipinski definition) is 1. The fourth-order valence-corrected chi connectivity index (χ4v) is 2.18. The van der Waals surface area contributed by atoms with Crippen LogP contribution < -0.4 is 10.2 Å². The second-order valence-electron chi connectivity index (χ2n) is 4.37. The summed E-state index contributed by atoms with van der Waals surface area (Å²) < 4.78 is 0. The topological polar surface area (TPSA) is 92.3 Å². The van der Waals surface area contributed by atoms with E-state index in [0.29, 0.717) is 28.4 Å². The fraction of sp³-hybridized carbons (Fsp3) is 0.154. The summed E-state index contributed by atoms with van der Waals surface area (Å²) in [6.07, 6.45) is 3.86. The van der Waals surface area contributed by atoms with E-state index in [4.69, 9.17) is 0 Å². The molecule has 0 bridgehead atoms. The summed E-state index contributed by atoms with van der Waals surface area (Å²) in [5, 5.41) is 2.91. The summed E-state index contributed by atoms with van der Waals surface area (Å²) >= 11 is 0. The summed E-state index contributed by atoms with van der Waals surface area (Å²) in [4.78, 5) is 43.6. The van der Waals surface area contributed by atoms with Gasteiger partial charge < -0.3 is 0 Å². The van der Waals surface area contributed by atoms with Gasteiger partial charge in [-0.15, -0.1) is 0 Å². The molecule has 1 saturated heterocycles. The van der Waals surface area contributed by atoms with Crippen molar-refractivity contribution in [1.29, 1.82) is 0 Å². The number of fused-ring (bicyclic) bond motifs is 1. The van der Waals surface area contributed by atoms with Crippen LogP contribution >= 0.6 is 0 Å². The van der Waals surface area contributed by atoms with E-state index < -0.39 is 6.03 Å². The number of rotatable bonds is 2. The van der Waals surface area contributed by atoms with Gasteiger partial charge in [-0.3, -0.25) is 19.8 Å². The zero-order valence-electron chi connectivity index (χ0n) is 10.4. The van der Waals surface area contributed by atoms with Crippen molar-refractivity contribution in [2.75, 3.05) is 11.4 Å². The van der Waals surface area contributed by atoms with E-state index in [9.17, 15) is 14.4 Å². The van der Waals surface area contributed by atoms with E-state index in [1.165, 1.54) is 11.2 Å². The van der Waals surface area contributed by atoms with Crippen LogP contribution in [0.1, 0.15) is 16.8 Å². The van der Waals surface area contributed by atoms with Gasteiger partial charge in [0.2, 0.25) is 5.91 Å². The Morgan fingerprint density at radius 3 is 2.90 bits per heavy atom. The van der Waals surface area contributed by atoms with Crippen LogP contribution in [0, 0.1) is 0 Å². The Morgan fingerprint density at radius 2 is 2.15 bits per heavy atom. The summed E-state index contributed by atoms with van der Waals surface area (Å²) in [5.41, 5.74) is 1.49. The van der Waals surface area contributed by atoms with Gasteiger partial charge >= 0.3 is 6.03 Å².